The molecule has 0 amide bonds. The first-order valence-corrected chi connectivity index (χ1v) is 8.25. The van der Waals surface area contributed by atoms with Gasteiger partial charge in [-0.1, -0.05) is 25.0 Å². The van der Waals surface area contributed by atoms with E-state index in [0.29, 0.717) is 0 Å². The summed E-state index contributed by atoms with van der Waals surface area (Å²) in [4.78, 5) is 0. The highest BCUT2D eigenvalue weighted by molar-refractivity contribution is 4.94. The topological polar surface area (TPSA) is 29.0 Å². The molecule has 0 spiro atoms. The normalized spacial score (nSPS) is 14.0. The molecule has 0 bridgehead atoms. The van der Waals surface area contributed by atoms with E-state index in [9.17, 15) is 5.11 Å². The van der Waals surface area contributed by atoms with Crippen LogP contribution in [-0.4, -0.2) is 15.3 Å². The third-order valence-corrected chi connectivity index (χ3v) is 4.08. The summed E-state index contributed by atoms with van der Waals surface area (Å²) in [6, 6.07) is 0. The van der Waals surface area contributed by atoms with Crippen LogP contribution in [0.25, 0.3) is 0 Å². The van der Waals surface area contributed by atoms with Gasteiger partial charge in [-0.15, -0.1) is 0 Å². The lowest BCUT2D eigenvalue weighted by Gasteiger charge is -2.22. The number of hydrogen-bond donors (Lipinski definition) is 1. The van der Waals surface area contributed by atoms with Crippen LogP contribution in [-0.2, 0) is 20.0 Å². The van der Waals surface area contributed by atoms with Gasteiger partial charge in [0.25, 0.3) is 5.82 Å². The van der Waals surface area contributed by atoms with Crippen LogP contribution in [0.1, 0.15) is 65.6 Å². The Hall–Kier alpha value is -1.09. The fourth-order valence-corrected chi connectivity index (χ4v) is 2.59. The van der Waals surface area contributed by atoms with Crippen molar-refractivity contribution in [3.63, 3.8) is 0 Å². The van der Waals surface area contributed by atoms with Gasteiger partial charge in [0.1, 0.15) is 12.4 Å². The Balaban J connectivity index is 2.57. The van der Waals surface area contributed by atoms with Crippen LogP contribution in [0.15, 0.2) is 24.0 Å². The van der Waals surface area contributed by atoms with Crippen LogP contribution >= 0.6 is 0 Å². The zero-order chi connectivity index (χ0) is 15.9. The van der Waals surface area contributed by atoms with Crippen molar-refractivity contribution in [2.24, 2.45) is 7.05 Å². The van der Waals surface area contributed by atoms with Crippen molar-refractivity contribution in [3.8, 4) is 0 Å². The van der Waals surface area contributed by atoms with Crippen molar-refractivity contribution in [2.75, 3.05) is 0 Å². The highest BCUT2D eigenvalue weighted by Gasteiger charge is 2.23. The molecule has 0 radical (unpaired) electrons. The van der Waals surface area contributed by atoms with Gasteiger partial charge in [0, 0.05) is 0 Å². The lowest BCUT2D eigenvalue weighted by molar-refractivity contribution is -0.679. The molecule has 0 aliphatic rings. The van der Waals surface area contributed by atoms with Crippen molar-refractivity contribution < 1.29 is 9.67 Å². The van der Waals surface area contributed by atoms with E-state index in [1.165, 1.54) is 24.2 Å². The molecule has 1 heterocycles. The number of nitrogens with zero attached hydrogens (tertiary/aromatic N) is 2. The molecule has 1 unspecified atom stereocenters. The Morgan fingerprint density at radius 3 is 2.71 bits per heavy atom. The van der Waals surface area contributed by atoms with E-state index in [1.54, 1.807) is 0 Å². The molecular formula is C18H33N2O+. The summed E-state index contributed by atoms with van der Waals surface area (Å²) in [5.74, 6) is 1.31. The summed E-state index contributed by atoms with van der Waals surface area (Å²) >= 11 is 0. The molecule has 1 rings (SSSR count). The third kappa shape index (κ3) is 6.47. The number of aliphatic hydroxyl groups is 1. The van der Waals surface area contributed by atoms with Gasteiger partial charge in [0.15, 0.2) is 0 Å². The Bertz CT molecular complexity index is 454. The van der Waals surface area contributed by atoms with E-state index >= 15 is 0 Å². The van der Waals surface area contributed by atoms with Gasteiger partial charge in [-0.05, 0) is 46.5 Å². The average Bonchev–Trinajstić information content (AvgIpc) is 2.74. The molecule has 120 valence electrons. The van der Waals surface area contributed by atoms with E-state index < -0.39 is 5.60 Å². The van der Waals surface area contributed by atoms with Crippen LogP contribution in [0, 0.1) is 0 Å². The number of aromatic nitrogens is 2. The van der Waals surface area contributed by atoms with Crippen molar-refractivity contribution in [2.45, 2.75) is 78.4 Å². The molecule has 0 saturated carbocycles. The van der Waals surface area contributed by atoms with Gasteiger partial charge in [0.2, 0.25) is 0 Å². The predicted octanol–water partition coefficient (Wildman–Crippen LogP) is 3.54. The summed E-state index contributed by atoms with van der Waals surface area (Å²) < 4.78 is 4.51. The number of allylic oxidation sites excluding steroid dienone is 2. The SMILES string of the molecule is CCCCn1cc[n+](C)c1CCC(C)(O)CCC=C(C)C. The van der Waals surface area contributed by atoms with Crippen LogP contribution in [0.5, 0.6) is 0 Å². The molecule has 1 aromatic rings. The van der Waals surface area contributed by atoms with Crippen molar-refractivity contribution in [1.29, 1.82) is 0 Å². The van der Waals surface area contributed by atoms with Crippen molar-refractivity contribution >= 4 is 0 Å². The Morgan fingerprint density at radius 1 is 1.38 bits per heavy atom. The maximum absolute atomic E-state index is 10.5. The van der Waals surface area contributed by atoms with Crippen LogP contribution in [0.4, 0.5) is 0 Å². The summed E-state index contributed by atoms with van der Waals surface area (Å²) in [7, 11) is 2.09. The van der Waals surface area contributed by atoms with Crippen molar-refractivity contribution in [1.82, 2.24) is 4.57 Å². The number of aryl methyl sites for hydroxylation is 2. The molecule has 0 aliphatic heterocycles. The molecule has 0 saturated heterocycles. The smallest absolute Gasteiger partial charge is 0.256 e. The maximum Gasteiger partial charge on any atom is 0.256 e. The quantitative estimate of drug-likeness (QED) is 0.547. The monoisotopic (exact) mass is 293 g/mol. The molecule has 3 heteroatoms. The van der Waals surface area contributed by atoms with E-state index in [1.807, 2.05) is 6.92 Å². The van der Waals surface area contributed by atoms with E-state index in [4.69, 9.17) is 0 Å². The number of imidazole rings is 1. The second-order valence-electron chi connectivity index (χ2n) is 6.69. The first-order chi connectivity index (χ1) is 9.85. The van der Waals surface area contributed by atoms with E-state index in [0.717, 1.165) is 32.2 Å². The van der Waals surface area contributed by atoms with Gasteiger partial charge < -0.3 is 5.11 Å². The summed E-state index contributed by atoms with van der Waals surface area (Å²) in [5.41, 5.74) is 0.740. The van der Waals surface area contributed by atoms with Crippen LogP contribution < -0.4 is 4.57 Å². The molecule has 1 aromatic heterocycles. The minimum absolute atomic E-state index is 0.585. The molecule has 1 atom stereocenters. The number of unbranched alkanes of at least 4 members (excludes halogenated alkanes) is 1. The molecule has 0 aliphatic carbocycles. The molecule has 3 nitrogen and oxygen atoms in total. The molecule has 21 heavy (non-hydrogen) atoms. The maximum atomic E-state index is 10.5. The average molecular weight is 293 g/mol. The van der Waals surface area contributed by atoms with E-state index in [-0.39, 0.29) is 0 Å². The summed E-state index contributed by atoms with van der Waals surface area (Å²) in [5, 5.41) is 10.5. The second-order valence-corrected chi connectivity index (χ2v) is 6.69. The first kappa shape index (κ1) is 18.0. The molecule has 0 fully saturated rings. The second kappa shape index (κ2) is 8.38. The number of hydrogen-bond acceptors (Lipinski definition) is 1. The van der Waals surface area contributed by atoms with Crippen LogP contribution in [0.3, 0.4) is 0 Å². The van der Waals surface area contributed by atoms with Crippen molar-refractivity contribution in [3.05, 3.63) is 29.9 Å². The van der Waals surface area contributed by atoms with Gasteiger partial charge in [0.05, 0.1) is 25.6 Å². The van der Waals surface area contributed by atoms with E-state index in [2.05, 4.69) is 55.4 Å². The Morgan fingerprint density at radius 2 is 2.10 bits per heavy atom. The highest BCUT2D eigenvalue weighted by Crippen LogP contribution is 2.19. The van der Waals surface area contributed by atoms with Gasteiger partial charge >= 0.3 is 0 Å². The minimum atomic E-state index is -0.585. The highest BCUT2D eigenvalue weighted by atomic mass is 16.3. The largest absolute Gasteiger partial charge is 0.390 e. The zero-order valence-corrected chi connectivity index (χ0v) is 14.5. The Labute approximate surface area is 130 Å². The molecular weight excluding hydrogens is 260 g/mol. The first-order valence-electron chi connectivity index (χ1n) is 8.25. The summed E-state index contributed by atoms with van der Waals surface area (Å²) in [6.07, 6.45) is 12.4. The number of rotatable bonds is 9. The summed E-state index contributed by atoms with van der Waals surface area (Å²) in [6.45, 7) is 9.47. The van der Waals surface area contributed by atoms with Gasteiger partial charge in [-0.2, -0.15) is 0 Å². The molecule has 1 N–H and O–H groups in total. The minimum Gasteiger partial charge on any atom is -0.390 e. The predicted molar refractivity (Wildman–Crippen MR) is 88.1 cm³/mol. The zero-order valence-electron chi connectivity index (χ0n) is 14.5. The third-order valence-electron chi connectivity index (χ3n) is 4.08. The van der Waals surface area contributed by atoms with Crippen LogP contribution in [0.2, 0.25) is 0 Å². The lowest BCUT2D eigenvalue weighted by Crippen LogP contribution is -2.34. The fourth-order valence-electron chi connectivity index (χ4n) is 2.59. The lowest BCUT2D eigenvalue weighted by atomic mass is 9.93. The van der Waals surface area contributed by atoms with Gasteiger partial charge in [-0.25, -0.2) is 9.13 Å². The standard InChI is InChI=1S/C18H33N2O/c1-6-7-13-20-15-14-19(5)17(20)10-12-18(4,21)11-8-9-16(2)3/h9,14-15,21H,6-8,10-13H2,1-5H3/q+1. The fraction of sp³-hybridized carbons (Fsp3) is 0.722. The molecule has 0 aromatic carbocycles. The van der Waals surface area contributed by atoms with Gasteiger partial charge in [-0.3, -0.25) is 0 Å². The Kier molecular flexibility index (Phi) is 7.16.